The normalized spacial score (nSPS) is 10.4. The fourth-order valence-electron chi connectivity index (χ4n) is 2.17. The standard InChI is InChI=1S/C15H21N5/c1-4-20(5-2)15-17-13(11(3)14(18-15)19-16)12-9-7-6-8-10-12/h6-10H,4-5,16H2,1-3H3,(H,17,18,19). The number of benzene rings is 1. The van der Waals surface area contributed by atoms with E-state index in [1.807, 2.05) is 37.3 Å². The molecule has 106 valence electrons. The van der Waals surface area contributed by atoms with Crippen LogP contribution in [0.3, 0.4) is 0 Å². The first-order chi connectivity index (χ1) is 9.71. The maximum atomic E-state index is 5.59. The van der Waals surface area contributed by atoms with E-state index in [1.165, 1.54) is 0 Å². The van der Waals surface area contributed by atoms with Crippen molar-refractivity contribution >= 4 is 11.8 Å². The molecule has 0 fully saturated rings. The number of nitrogens with zero attached hydrogens (tertiary/aromatic N) is 3. The Morgan fingerprint density at radius 3 is 2.30 bits per heavy atom. The Kier molecular flexibility index (Phi) is 4.53. The summed E-state index contributed by atoms with van der Waals surface area (Å²) in [6, 6.07) is 10.1. The summed E-state index contributed by atoms with van der Waals surface area (Å²) in [5, 5.41) is 0. The van der Waals surface area contributed by atoms with Crippen molar-refractivity contribution in [1.29, 1.82) is 0 Å². The zero-order valence-electron chi connectivity index (χ0n) is 12.2. The lowest BCUT2D eigenvalue weighted by molar-refractivity contribution is 0.821. The first-order valence-electron chi connectivity index (χ1n) is 6.86. The minimum atomic E-state index is 0.667. The molecule has 0 atom stereocenters. The van der Waals surface area contributed by atoms with Gasteiger partial charge in [-0.05, 0) is 20.8 Å². The monoisotopic (exact) mass is 271 g/mol. The molecule has 3 N–H and O–H groups in total. The molecule has 2 rings (SSSR count). The Morgan fingerprint density at radius 2 is 1.75 bits per heavy atom. The molecule has 0 bridgehead atoms. The summed E-state index contributed by atoms with van der Waals surface area (Å²) in [6.45, 7) is 7.87. The molecule has 0 aliphatic rings. The summed E-state index contributed by atoms with van der Waals surface area (Å²) in [7, 11) is 0. The van der Waals surface area contributed by atoms with E-state index in [2.05, 4.69) is 29.2 Å². The minimum Gasteiger partial charge on any atom is -0.341 e. The smallest absolute Gasteiger partial charge is 0.227 e. The zero-order chi connectivity index (χ0) is 14.5. The van der Waals surface area contributed by atoms with Gasteiger partial charge < -0.3 is 10.3 Å². The first-order valence-corrected chi connectivity index (χ1v) is 6.86. The molecule has 5 nitrogen and oxygen atoms in total. The Labute approximate surface area is 119 Å². The Morgan fingerprint density at radius 1 is 1.10 bits per heavy atom. The van der Waals surface area contributed by atoms with E-state index in [4.69, 9.17) is 10.8 Å². The highest BCUT2D eigenvalue weighted by Gasteiger charge is 2.14. The van der Waals surface area contributed by atoms with Gasteiger partial charge in [-0.15, -0.1) is 0 Å². The molecular weight excluding hydrogens is 250 g/mol. The number of rotatable bonds is 5. The number of nitrogens with one attached hydrogen (secondary N) is 1. The second kappa shape index (κ2) is 6.34. The molecule has 0 saturated carbocycles. The van der Waals surface area contributed by atoms with Gasteiger partial charge in [0, 0.05) is 24.2 Å². The fourth-order valence-corrected chi connectivity index (χ4v) is 2.17. The molecule has 0 radical (unpaired) electrons. The third-order valence-electron chi connectivity index (χ3n) is 3.36. The van der Waals surface area contributed by atoms with Crippen LogP contribution in [0, 0.1) is 6.92 Å². The average molecular weight is 271 g/mol. The van der Waals surface area contributed by atoms with Crippen molar-refractivity contribution in [1.82, 2.24) is 9.97 Å². The fraction of sp³-hybridized carbons (Fsp3) is 0.333. The van der Waals surface area contributed by atoms with Gasteiger partial charge in [0.1, 0.15) is 5.82 Å². The van der Waals surface area contributed by atoms with Gasteiger partial charge in [-0.3, -0.25) is 0 Å². The third kappa shape index (κ3) is 2.72. The highest BCUT2D eigenvalue weighted by molar-refractivity contribution is 5.69. The molecule has 2 aromatic rings. The zero-order valence-corrected chi connectivity index (χ0v) is 12.2. The van der Waals surface area contributed by atoms with Crippen LogP contribution in [0.4, 0.5) is 11.8 Å². The number of nitrogen functional groups attached to an aromatic ring is 1. The number of hydrogen-bond donors (Lipinski definition) is 2. The third-order valence-corrected chi connectivity index (χ3v) is 3.36. The molecule has 0 aliphatic carbocycles. The van der Waals surface area contributed by atoms with E-state index >= 15 is 0 Å². The number of hydrogen-bond acceptors (Lipinski definition) is 5. The Balaban J connectivity index is 2.58. The van der Waals surface area contributed by atoms with Crippen LogP contribution >= 0.6 is 0 Å². The average Bonchev–Trinajstić information content (AvgIpc) is 2.50. The van der Waals surface area contributed by atoms with Crippen LogP contribution in [0.5, 0.6) is 0 Å². The lowest BCUT2D eigenvalue weighted by Crippen LogP contribution is -2.25. The van der Waals surface area contributed by atoms with Crippen molar-refractivity contribution in [3.63, 3.8) is 0 Å². The Bertz CT molecular complexity index is 564. The highest BCUT2D eigenvalue weighted by atomic mass is 15.3. The first kappa shape index (κ1) is 14.3. The van der Waals surface area contributed by atoms with Crippen molar-refractivity contribution in [2.45, 2.75) is 20.8 Å². The predicted molar refractivity (Wildman–Crippen MR) is 83.6 cm³/mol. The van der Waals surface area contributed by atoms with E-state index in [0.29, 0.717) is 11.8 Å². The molecule has 1 aromatic heterocycles. The van der Waals surface area contributed by atoms with Gasteiger partial charge in [-0.25, -0.2) is 10.8 Å². The van der Waals surface area contributed by atoms with Gasteiger partial charge >= 0.3 is 0 Å². The maximum Gasteiger partial charge on any atom is 0.227 e. The van der Waals surface area contributed by atoms with Gasteiger partial charge in [0.15, 0.2) is 0 Å². The molecular formula is C15H21N5. The minimum absolute atomic E-state index is 0.667. The van der Waals surface area contributed by atoms with Crippen molar-refractivity contribution < 1.29 is 0 Å². The molecule has 5 heteroatoms. The molecule has 20 heavy (non-hydrogen) atoms. The molecule has 0 saturated heterocycles. The largest absolute Gasteiger partial charge is 0.341 e. The van der Waals surface area contributed by atoms with Crippen molar-refractivity contribution in [2.24, 2.45) is 5.84 Å². The number of anilines is 2. The quantitative estimate of drug-likeness (QED) is 0.646. The second-order valence-corrected chi connectivity index (χ2v) is 4.53. The van der Waals surface area contributed by atoms with Crippen LogP contribution in [0.15, 0.2) is 30.3 Å². The van der Waals surface area contributed by atoms with Gasteiger partial charge in [0.2, 0.25) is 5.95 Å². The molecule has 1 aromatic carbocycles. The van der Waals surface area contributed by atoms with Crippen LogP contribution in [-0.4, -0.2) is 23.1 Å². The van der Waals surface area contributed by atoms with Crippen LogP contribution in [-0.2, 0) is 0 Å². The van der Waals surface area contributed by atoms with Crippen LogP contribution in [0.1, 0.15) is 19.4 Å². The second-order valence-electron chi connectivity index (χ2n) is 4.53. The summed E-state index contributed by atoms with van der Waals surface area (Å²) in [5.41, 5.74) is 5.60. The van der Waals surface area contributed by atoms with E-state index < -0.39 is 0 Å². The summed E-state index contributed by atoms with van der Waals surface area (Å²) in [4.78, 5) is 11.3. The number of nitrogens with two attached hydrogens (primary N) is 1. The van der Waals surface area contributed by atoms with E-state index in [-0.39, 0.29) is 0 Å². The molecule has 1 heterocycles. The van der Waals surface area contributed by atoms with Crippen molar-refractivity contribution in [3.8, 4) is 11.3 Å². The van der Waals surface area contributed by atoms with E-state index in [1.54, 1.807) is 0 Å². The molecule has 0 amide bonds. The van der Waals surface area contributed by atoms with Crippen LogP contribution in [0.25, 0.3) is 11.3 Å². The molecule has 0 spiro atoms. The van der Waals surface area contributed by atoms with Crippen molar-refractivity contribution in [2.75, 3.05) is 23.4 Å². The van der Waals surface area contributed by atoms with E-state index in [9.17, 15) is 0 Å². The number of aromatic nitrogens is 2. The summed E-state index contributed by atoms with van der Waals surface area (Å²) in [5.74, 6) is 6.96. The van der Waals surface area contributed by atoms with Crippen LogP contribution < -0.4 is 16.2 Å². The lowest BCUT2D eigenvalue weighted by Gasteiger charge is -2.21. The van der Waals surface area contributed by atoms with Crippen molar-refractivity contribution in [3.05, 3.63) is 35.9 Å². The van der Waals surface area contributed by atoms with Gasteiger partial charge in [-0.1, -0.05) is 30.3 Å². The molecule has 0 aliphatic heterocycles. The van der Waals surface area contributed by atoms with Crippen LogP contribution in [0.2, 0.25) is 0 Å². The van der Waals surface area contributed by atoms with Gasteiger partial charge in [-0.2, -0.15) is 4.98 Å². The Hall–Kier alpha value is -2.14. The summed E-state index contributed by atoms with van der Waals surface area (Å²) < 4.78 is 0. The maximum absolute atomic E-state index is 5.59. The highest BCUT2D eigenvalue weighted by Crippen LogP contribution is 2.27. The van der Waals surface area contributed by atoms with Gasteiger partial charge in [0.05, 0.1) is 5.69 Å². The number of hydrazine groups is 1. The van der Waals surface area contributed by atoms with E-state index in [0.717, 1.165) is 29.9 Å². The lowest BCUT2D eigenvalue weighted by atomic mass is 10.1. The molecule has 0 unspecified atom stereocenters. The predicted octanol–water partition coefficient (Wildman–Crippen LogP) is 2.58. The van der Waals surface area contributed by atoms with Gasteiger partial charge in [0.25, 0.3) is 0 Å². The summed E-state index contributed by atoms with van der Waals surface area (Å²) >= 11 is 0. The SMILES string of the molecule is CCN(CC)c1nc(NN)c(C)c(-c2ccccc2)n1. The topological polar surface area (TPSA) is 67.1 Å². The summed E-state index contributed by atoms with van der Waals surface area (Å²) in [6.07, 6.45) is 0.